The molecule has 1 aromatic rings. The van der Waals surface area contributed by atoms with E-state index in [9.17, 15) is 5.11 Å². The lowest BCUT2D eigenvalue weighted by Crippen LogP contribution is -1.87. The van der Waals surface area contributed by atoms with Gasteiger partial charge in [-0.25, -0.2) is 0 Å². The highest BCUT2D eigenvalue weighted by atomic mass is 79.9. The standard InChI is InChI=1S/C8H8BrClO2/c1-12-7-3-6(9)2-5(4-10)8(7)11/h2-3,11H,4H2,1H3. The van der Waals surface area contributed by atoms with Gasteiger partial charge in [-0.1, -0.05) is 15.9 Å². The van der Waals surface area contributed by atoms with E-state index in [4.69, 9.17) is 16.3 Å². The molecule has 2 nitrogen and oxygen atoms in total. The maximum absolute atomic E-state index is 9.48. The van der Waals surface area contributed by atoms with Crippen molar-refractivity contribution in [2.75, 3.05) is 7.11 Å². The van der Waals surface area contributed by atoms with Crippen molar-refractivity contribution in [3.8, 4) is 11.5 Å². The minimum absolute atomic E-state index is 0.107. The molecule has 66 valence electrons. The fourth-order valence-corrected chi connectivity index (χ4v) is 1.57. The second kappa shape index (κ2) is 4.01. The zero-order valence-electron chi connectivity index (χ0n) is 6.47. The molecule has 0 bridgehead atoms. The van der Waals surface area contributed by atoms with E-state index in [-0.39, 0.29) is 11.6 Å². The fourth-order valence-electron chi connectivity index (χ4n) is 0.886. The summed E-state index contributed by atoms with van der Waals surface area (Å²) in [5.74, 6) is 0.803. The summed E-state index contributed by atoms with van der Waals surface area (Å²) in [7, 11) is 1.50. The number of aromatic hydroxyl groups is 1. The van der Waals surface area contributed by atoms with Crippen LogP contribution >= 0.6 is 27.5 Å². The fraction of sp³-hybridized carbons (Fsp3) is 0.250. The van der Waals surface area contributed by atoms with Gasteiger partial charge in [0.25, 0.3) is 0 Å². The number of phenols is 1. The summed E-state index contributed by atoms with van der Waals surface area (Å²) in [5, 5.41) is 9.48. The van der Waals surface area contributed by atoms with Crippen molar-refractivity contribution in [3.63, 3.8) is 0 Å². The molecule has 0 aliphatic rings. The van der Waals surface area contributed by atoms with Gasteiger partial charge in [-0.2, -0.15) is 0 Å². The summed E-state index contributed by atoms with van der Waals surface area (Å²) in [6.07, 6.45) is 0. The van der Waals surface area contributed by atoms with Crippen molar-refractivity contribution in [2.24, 2.45) is 0 Å². The predicted molar refractivity (Wildman–Crippen MR) is 51.9 cm³/mol. The van der Waals surface area contributed by atoms with Gasteiger partial charge < -0.3 is 9.84 Å². The molecule has 12 heavy (non-hydrogen) atoms. The molecule has 1 aromatic carbocycles. The van der Waals surface area contributed by atoms with Crippen LogP contribution in [-0.4, -0.2) is 12.2 Å². The Balaban J connectivity index is 3.22. The third-order valence-electron chi connectivity index (χ3n) is 1.48. The molecule has 0 heterocycles. The second-order valence-corrected chi connectivity index (χ2v) is 3.43. The molecule has 0 aliphatic heterocycles. The average Bonchev–Trinajstić information content (AvgIpc) is 2.08. The molecule has 0 aromatic heterocycles. The van der Waals surface area contributed by atoms with Crippen molar-refractivity contribution in [1.29, 1.82) is 0 Å². The number of ether oxygens (including phenoxy) is 1. The molecule has 0 radical (unpaired) electrons. The van der Waals surface area contributed by atoms with Crippen molar-refractivity contribution in [2.45, 2.75) is 5.88 Å². The monoisotopic (exact) mass is 250 g/mol. The van der Waals surface area contributed by atoms with E-state index in [1.165, 1.54) is 7.11 Å². The number of phenolic OH excluding ortho intramolecular Hbond substituents is 1. The molecule has 0 saturated carbocycles. The first-order chi connectivity index (χ1) is 5.69. The molecular weight excluding hydrogens is 243 g/mol. The maximum Gasteiger partial charge on any atom is 0.162 e. The summed E-state index contributed by atoms with van der Waals surface area (Å²) in [4.78, 5) is 0. The van der Waals surface area contributed by atoms with E-state index in [0.717, 1.165) is 4.47 Å². The van der Waals surface area contributed by atoms with Crippen molar-refractivity contribution in [1.82, 2.24) is 0 Å². The summed E-state index contributed by atoms with van der Waals surface area (Å²) in [6.45, 7) is 0. The van der Waals surface area contributed by atoms with Crippen LogP contribution in [0.1, 0.15) is 5.56 Å². The van der Waals surface area contributed by atoms with Gasteiger partial charge in [0.2, 0.25) is 0 Å². The number of rotatable bonds is 2. The Kier molecular flexibility index (Phi) is 3.23. The minimum Gasteiger partial charge on any atom is -0.504 e. The van der Waals surface area contributed by atoms with Gasteiger partial charge in [0.15, 0.2) is 11.5 Å². The molecule has 1 rings (SSSR count). The summed E-state index contributed by atoms with van der Waals surface area (Å²) >= 11 is 8.88. The minimum atomic E-state index is 0.107. The third-order valence-corrected chi connectivity index (χ3v) is 2.23. The molecule has 0 amide bonds. The quantitative estimate of drug-likeness (QED) is 0.819. The molecule has 0 saturated heterocycles. The topological polar surface area (TPSA) is 29.5 Å². The zero-order valence-corrected chi connectivity index (χ0v) is 8.82. The van der Waals surface area contributed by atoms with Crippen LogP contribution in [0.5, 0.6) is 11.5 Å². The largest absolute Gasteiger partial charge is 0.504 e. The van der Waals surface area contributed by atoms with Gasteiger partial charge in [-0.3, -0.25) is 0 Å². The van der Waals surface area contributed by atoms with E-state index in [2.05, 4.69) is 15.9 Å². The van der Waals surface area contributed by atoms with Crippen LogP contribution in [0.4, 0.5) is 0 Å². The van der Waals surface area contributed by atoms with Crippen LogP contribution < -0.4 is 4.74 Å². The third kappa shape index (κ3) is 1.84. The average molecular weight is 252 g/mol. The van der Waals surface area contributed by atoms with Crippen molar-refractivity contribution >= 4 is 27.5 Å². The first-order valence-corrected chi connectivity index (χ1v) is 4.63. The molecule has 0 spiro atoms. The maximum atomic E-state index is 9.48. The smallest absolute Gasteiger partial charge is 0.162 e. The number of methoxy groups -OCH3 is 1. The van der Waals surface area contributed by atoms with Crippen LogP contribution in [-0.2, 0) is 5.88 Å². The predicted octanol–water partition coefficient (Wildman–Crippen LogP) is 2.90. The van der Waals surface area contributed by atoms with E-state index >= 15 is 0 Å². The summed E-state index contributed by atoms with van der Waals surface area (Å²) in [5.41, 5.74) is 0.655. The number of alkyl halides is 1. The highest BCUT2D eigenvalue weighted by Crippen LogP contribution is 2.34. The Morgan fingerprint density at radius 2 is 2.25 bits per heavy atom. The van der Waals surface area contributed by atoms with Crippen LogP contribution in [0.3, 0.4) is 0 Å². The highest BCUT2D eigenvalue weighted by molar-refractivity contribution is 9.10. The van der Waals surface area contributed by atoms with Crippen molar-refractivity contribution in [3.05, 3.63) is 22.2 Å². The van der Waals surface area contributed by atoms with Gasteiger partial charge >= 0.3 is 0 Å². The Labute approximate surface area is 84.2 Å². The van der Waals surface area contributed by atoms with E-state index in [1.807, 2.05) is 0 Å². The summed E-state index contributed by atoms with van der Waals surface area (Å²) < 4.78 is 5.77. The molecular formula is C8H8BrClO2. The SMILES string of the molecule is COc1cc(Br)cc(CCl)c1O. The van der Waals surface area contributed by atoms with Gasteiger partial charge in [0.1, 0.15) is 0 Å². The molecule has 0 aliphatic carbocycles. The second-order valence-electron chi connectivity index (χ2n) is 2.25. The van der Waals surface area contributed by atoms with Crippen LogP contribution in [0.2, 0.25) is 0 Å². The van der Waals surface area contributed by atoms with E-state index < -0.39 is 0 Å². The van der Waals surface area contributed by atoms with Gasteiger partial charge in [0.05, 0.1) is 13.0 Å². The zero-order chi connectivity index (χ0) is 9.14. The normalized spacial score (nSPS) is 9.92. The van der Waals surface area contributed by atoms with Crippen LogP contribution in [0.25, 0.3) is 0 Å². The van der Waals surface area contributed by atoms with Crippen LogP contribution in [0.15, 0.2) is 16.6 Å². The van der Waals surface area contributed by atoms with E-state index in [1.54, 1.807) is 12.1 Å². The summed E-state index contributed by atoms with van der Waals surface area (Å²) in [6, 6.07) is 3.44. The lowest BCUT2D eigenvalue weighted by Gasteiger charge is -2.07. The highest BCUT2D eigenvalue weighted by Gasteiger charge is 2.07. The number of benzene rings is 1. The number of hydrogen-bond donors (Lipinski definition) is 1. The molecule has 0 atom stereocenters. The van der Waals surface area contributed by atoms with Crippen molar-refractivity contribution < 1.29 is 9.84 Å². The lowest BCUT2D eigenvalue weighted by molar-refractivity contribution is 0.371. The Bertz CT molecular complexity index is 263. The lowest BCUT2D eigenvalue weighted by atomic mass is 10.2. The Morgan fingerprint density at radius 1 is 1.58 bits per heavy atom. The Morgan fingerprint density at radius 3 is 2.75 bits per heavy atom. The van der Waals surface area contributed by atoms with Gasteiger partial charge in [0, 0.05) is 10.0 Å². The van der Waals surface area contributed by atoms with Gasteiger partial charge in [-0.05, 0) is 12.1 Å². The van der Waals surface area contributed by atoms with Crippen LogP contribution in [0, 0.1) is 0 Å². The molecule has 0 unspecified atom stereocenters. The number of hydrogen-bond acceptors (Lipinski definition) is 2. The molecule has 1 N–H and O–H groups in total. The van der Waals surface area contributed by atoms with E-state index in [0.29, 0.717) is 11.3 Å². The molecule has 4 heteroatoms. The Hall–Kier alpha value is -0.410. The first kappa shape index (κ1) is 9.68. The number of halogens is 2. The first-order valence-electron chi connectivity index (χ1n) is 3.30. The molecule has 0 fully saturated rings. The van der Waals surface area contributed by atoms with Gasteiger partial charge in [-0.15, -0.1) is 11.6 Å².